The molecule has 28 heavy (non-hydrogen) atoms. The summed E-state index contributed by atoms with van der Waals surface area (Å²) >= 11 is 0. The van der Waals surface area contributed by atoms with Gasteiger partial charge in [0.05, 0.1) is 18.0 Å². The smallest absolute Gasteiger partial charge is 0.160 e. The van der Waals surface area contributed by atoms with Crippen LogP contribution in [-0.2, 0) is 4.79 Å². The molecule has 1 aromatic rings. The number of aliphatic imine (C=N–C) groups is 2. The van der Waals surface area contributed by atoms with Crippen LogP contribution in [0.4, 0.5) is 4.48 Å². The second-order valence-corrected chi connectivity index (χ2v) is 8.43. The van der Waals surface area contributed by atoms with Gasteiger partial charge in [-0.15, -0.1) is 9.60 Å². The molecule has 1 saturated carbocycles. The number of allylic oxidation sites excluding steroid dienone is 3. The van der Waals surface area contributed by atoms with E-state index in [9.17, 15) is 9.28 Å². The van der Waals surface area contributed by atoms with Gasteiger partial charge >= 0.3 is 0 Å². The summed E-state index contributed by atoms with van der Waals surface area (Å²) < 4.78 is 14.5. The molecule has 5 aliphatic rings. The number of nitrogens with zero attached hydrogens (tertiary/aromatic N) is 3. The summed E-state index contributed by atoms with van der Waals surface area (Å²) in [5.74, 6) is 1.23. The Bertz CT molecular complexity index is 1030. The van der Waals surface area contributed by atoms with E-state index in [4.69, 9.17) is 9.98 Å². The van der Waals surface area contributed by atoms with E-state index in [0.717, 1.165) is 35.4 Å². The molecule has 2 fully saturated rings. The summed E-state index contributed by atoms with van der Waals surface area (Å²) in [4.78, 5) is 22.5. The molecule has 3 unspecified atom stereocenters. The van der Waals surface area contributed by atoms with Crippen LogP contribution in [0.5, 0.6) is 0 Å². The molecular weight excluding hydrogens is 353 g/mol. The molecule has 0 N–H and O–H groups in total. The van der Waals surface area contributed by atoms with E-state index in [1.165, 1.54) is 0 Å². The van der Waals surface area contributed by atoms with Gasteiger partial charge < -0.3 is 0 Å². The van der Waals surface area contributed by atoms with Gasteiger partial charge in [0.25, 0.3) is 0 Å². The van der Waals surface area contributed by atoms with Crippen molar-refractivity contribution in [2.75, 3.05) is 13.1 Å². The largest absolute Gasteiger partial charge is 0.298 e. The van der Waals surface area contributed by atoms with Crippen molar-refractivity contribution in [1.82, 2.24) is 5.12 Å². The van der Waals surface area contributed by atoms with Crippen molar-refractivity contribution in [1.29, 1.82) is 0 Å². The van der Waals surface area contributed by atoms with Crippen LogP contribution < -0.4 is 0 Å². The predicted octanol–water partition coefficient (Wildman–Crippen LogP) is 3.68. The van der Waals surface area contributed by atoms with Gasteiger partial charge in [-0.25, -0.2) is 9.98 Å². The number of hydrogen-bond donors (Lipinski definition) is 0. The quantitative estimate of drug-likeness (QED) is 0.743. The Hall–Kier alpha value is -2.66. The second-order valence-electron chi connectivity index (χ2n) is 8.43. The Balaban J connectivity index is 1.53. The molecule has 4 nitrogen and oxygen atoms in total. The standard InChI is InChI=1S/C23H20FN3O/c24-27-12-19(28)20-16(14-6-7-14)8-9-17-21-18(10-11-23(17,20)13-27)25-22(26-21)15-4-2-1-3-5-15/h1-5,8-11,14,16,20H,6-7,12-13H2. The van der Waals surface area contributed by atoms with Gasteiger partial charge in [0.1, 0.15) is 0 Å². The van der Waals surface area contributed by atoms with Crippen molar-refractivity contribution in [3.8, 4) is 0 Å². The highest BCUT2D eigenvalue weighted by Crippen LogP contribution is 2.57. The van der Waals surface area contributed by atoms with Crippen molar-refractivity contribution >= 4 is 17.3 Å². The fourth-order valence-corrected chi connectivity index (χ4v) is 5.35. The molecule has 6 rings (SSSR count). The lowest BCUT2D eigenvalue weighted by Crippen LogP contribution is -2.56. The van der Waals surface area contributed by atoms with Crippen molar-refractivity contribution in [2.45, 2.75) is 12.8 Å². The highest BCUT2D eigenvalue weighted by atomic mass is 19.2. The summed E-state index contributed by atoms with van der Waals surface area (Å²) in [6.45, 7) is 0.0924. The summed E-state index contributed by atoms with van der Waals surface area (Å²) in [6, 6.07) is 9.87. The van der Waals surface area contributed by atoms with Gasteiger partial charge in [-0.2, -0.15) is 0 Å². The van der Waals surface area contributed by atoms with Crippen LogP contribution in [0, 0.1) is 23.2 Å². The Morgan fingerprint density at radius 2 is 1.93 bits per heavy atom. The molecule has 1 spiro atoms. The van der Waals surface area contributed by atoms with E-state index in [-0.39, 0.29) is 30.7 Å². The Labute approximate surface area is 162 Å². The Morgan fingerprint density at radius 1 is 1.11 bits per heavy atom. The number of benzene rings is 1. The van der Waals surface area contributed by atoms with E-state index in [0.29, 0.717) is 16.9 Å². The molecular formula is C23H20FN3O. The maximum absolute atomic E-state index is 14.5. The minimum Gasteiger partial charge on any atom is -0.298 e. The Kier molecular flexibility index (Phi) is 3.30. The number of hydrogen-bond acceptors (Lipinski definition) is 4. The fraction of sp³-hybridized carbons (Fsp3) is 0.348. The molecule has 3 atom stereocenters. The first-order valence-corrected chi connectivity index (χ1v) is 9.94. The lowest BCUT2D eigenvalue weighted by atomic mass is 9.56. The van der Waals surface area contributed by atoms with Crippen LogP contribution in [0.3, 0.4) is 0 Å². The van der Waals surface area contributed by atoms with E-state index >= 15 is 0 Å². The monoisotopic (exact) mass is 373 g/mol. The van der Waals surface area contributed by atoms with Crippen molar-refractivity contribution < 1.29 is 9.28 Å². The molecule has 5 heteroatoms. The molecule has 1 aromatic carbocycles. The zero-order valence-corrected chi connectivity index (χ0v) is 15.4. The van der Waals surface area contributed by atoms with Gasteiger partial charge in [-0.1, -0.05) is 48.6 Å². The lowest BCUT2D eigenvalue weighted by molar-refractivity contribution is -0.144. The van der Waals surface area contributed by atoms with E-state index < -0.39 is 5.41 Å². The molecule has 140 valence electrons. The minimum absolute atomic E-state index is 0.00315. The maximum Gasteiger partial charge on any atom is 0.160 e. The van der Waals surface area contributed by atoms with Crippen LogP contribution in [0.15, 0.2) is 75.9 Å². The first kappa shape index (κ1) is 16.3. The number of piperidine rings is 1. The van der Waals surface area contributed by atoms with Crippen LogP contribution in [-0.4, -0.2) is 35.5 Å². The lowest BCUT2D eigenvalue weighted by Gasteiger charge is -2.50. The topological polar surface area (TPSA) is 45.0 Å². The average molecular weight is 373 g/mol. The van der Waals surface area contributed by atoms with E-state index in [1.807, 2.05) is 42.5 Å². The normalized spacial score (nSPS) is 34.0. The summed E-state index contributed by atoms with van der Waals surface area (Å²) in [6.07, 6.45) is 10.6. The molecule has 0 radical (unpaired) electrons. The number of fused-ring (bicyclic) bond motifs is 1. The molecule has 0 bridgehead atoms. The van der Waals surface area contributed by atoms with Crippen LogP contribution in [0.2, 0.25) is 0 Å². The van der Waals surface area contributed by atoms with Crippen LogP contribution in [0.1, 0.15) is 18.4 Å². The van der Waals surface area contributed by atoms with Gasteiger partial charge in [0.15, 0.2) is 11.6 Å². The van der Waals surface area contributed by atoms with Gasteiger partial charge in [-0.3, -0.25) is 4.79 Å². The minimum atomic E-state index is -0.643. The highest BCUT2D eigenvalue weighted by Gasteiger charge is 2.57. The van der Waals surface area contributed by atoms with Crippen molar-refractivity contribution in [2.24, 2.45) is 33.2 Å². The number of carbonyl (C=O) groups excluding carboxylic acids is 1. The first-order valence-electron chi connectivity index (χ1n) is 9.94. The molecule has 1 saturated heterocycles. The van der Waals surface area contributed by atoms with E-state index in [1.54, 1.807) is 0 Å². The van der Waals surface area contributed by atoms with E-state index in [2.05, 4.69) is 12.2 Å². The number of halogens is 1. The Morgan fingerprint density at radius 3 is 2.71 bits per heavy atom. The van der Waals surface area contributed by atoms with Crippen molar-refractivity contribution in [3.63, 3.8) is 0 Å². The third-order valence-electron chi connectivity index (χ3n) is 6.71. The number of rotatable bonds is 2. The molecule has 2 heterocycles. The summed E-state index contributed by atoms with van der Waals surface area (Å²) in [5, 5.41) is 0.672. The van der Waals surface area contributed by atoms with Gasteiger partial charge in [0.2, 0.25) is 0 Å². The third-order valence-corrected chi connectivity index (χ3v) is 6.71. The molecule has 3 aliphatic carbocycles. The maximum atomic E-state index is 14.5. The predicted molar refractivity (Wildman–Crippen MR) is 106 cm³/mol. The van der Waals surface area contributed by atoms with Gasteiger partial charge in [-0.05, 0) is 36.3 Å². The van der Waals surface area contributed by atoms with Crippen LogP contribution in [0.25, 0.3) is 0 Å². The van der Waals surface area contributed by atoms with Crippen molar-refractivity contribution in [3.05, 3.63) is 71.5 Å². The SMILES string of the molecule is O=C1CN(F)CC23C=CC4=NC(c5ccccc5)=NC4=C2C=CC(C2CC2)C13. The third kappa shape index (κ3) is 2.23. The molecule has 0 amide bonds. The second kappa shape index (κ2) is 5.67. The fourth-order valence-electron chi connectivity index (χ4n) is 5.35. The number of amidine groups is 1. The molecule has 2 aliphatic heterocycles. The number of Topliss-reactive ketones (excluding diaryl/α,β-unsaturated/α-hetero) is 1. The average Bonchev–Trinajstić information content (AvgIpc) is 3.45. The first-order chi connectivity index (χ1) is 13.7. The van der Waals surface area contributed by atoms with Gasteiger partial charge in [0, 0.05) is 23.4 Å². The zero-order chi connectivity index (χ0) is 18.9. The summed E-state index contributed by atoms with van der Waals surface area (Å²) in [7, 11) is 0. The number of carbonyl (C=O) groups is 1. The molecule has 0 aromatic heterocycles. The highest BCUT2D eigenvalue weighted by molar-refractivity contribution is 6.23. The summed E-state index contributed by atoms with van der Waals surface area (Å²) in [5.41, 5.74) is 2.85. The van der Waals surface area contributed by atoms with Crippen LogP contribution >= 0.6 is 0 Å². The zero-order valence-electron chi connectivity index (χ0n) is 15.4. The number of ketones is 1.